The summed E-state index contributed by atoms with van der Waals surface area (Å²) in [6, 6.07) is 9.49. The Morgan fingerprint density at radius 3 is 2.40 bits per heavy atom. The number of amides is 1. The van der Waals surface area contributed by atoms with Crippen molar-refractivity contribution in [1.82, 2.24) is 4.90 Å². The topological polar surface area (TPSA) is 57.6 Å². The SMILES string of the molecule is O=C(O)C1CN(C(=O)c2ccc(F)c3ccccc23)C1. The van der Waals surface area contributed by atoms with Gasteiger partial charge in [-0.25, -0.2) is 4.39 Å². The van der Waals surface area contributed by atoms with Crippen molar-refractivity contribution in [2.24, 2.45) is 5.92 Å². The molecule has 102 valence electrons. The van der Waals surface area contributed by atoms with Crippen LogP contribution in [0.5, 0.6) is 0 Å². The maximum atomic E-state index is 13.7. The van der Waals surface area contributed by atoms with E-state index in [1.165, 1.54) is 17.0 Å². The average molecular weight is 273 g/mol. The van der Waals surface area contributed by atoms with Crippen LogP contribution in [0.3, 0.4) is 0 Å². The van der Waals surface area contributed by atoms with E-state index < -0.39 is 11.9 Å². The smallest absolute Gasteiger partial charge is 0.310 e. The first-order valence-electron chi connectivity index (χ1n) is 6.27. The van der Waals surface area contributed by atoms with Gasteiger partial charge in [0.05, 0.1) is 5.92 Å². The zero-order chi connectivity index (χ0) is 14.3. The highest BCUT2D eigenvalue weighted by atomic mass is 19.1. The Morgan fingerprint density at radius 1 is 1.10 bits per heavy atom. The summed E-state index contributed by atoms with van der Waals surface area (Å²) >= 11 is 0. The summed E-state index contributed by atoms with van der Waals surface area (Å²) in [6.45, 7) is 0.416. The molecule has 1 heterocycles. The molecule has 0 saturated carbocycles. The maximum absolute atomic E-state index is 13.7. The summed E-state index contributed by atoms with van der Waals surface area (Å²) in [4.78, 5) is 24.6. The number of benzene rings is 2. The van der Waals surface area contributed by atoms with E-state index in [1.54, 1.807) is 24.3 Å². The standard InChI is InChI=1S/C15H12FNO3/c16-13-6-5-12(10-3-1-2-4-11(10)13)14(18)17-7-9(8-17)15(19)20/h1-6,9H,7-8H2,(H,19,20). The number of aliphatic carboxylic acids is 1. The van der Waals surface area contributed by atoms with Crippen LogP contribution in [0.25, 0.3) is 10.8 Å². The highest BCUT2D eigenvalue weighted by molar-refractivity contribution is 6.07. The van der Waals surface area contributed by atoms with Gasteiger partial charge in [-0.3, -0.25) is 9.59 Å². The molecule has 1 N–H and O–H groups in total. The van der Waals surface area contributed by atoms with E-state index in [0.717, 1.165) is 0 Å². The van der Waals surface area contributed by atoms with E-state index in [4.69, 9.17) is 5.11 Å². The molecular formula is C15H12FNO3. The Hall–Kier alpha value is -2.43. The minimum Gasteiger partial charge on any atom is -0.481 e. The van der Waals surface area contributed by atoms with Crippen LogP contribution in [0.1, 0.15) is 10.4 Å². The lowest BCUT2D eigenvalue weighted by atomic mass is 9.97. The van der Waals surface area contributed by atoms with Gasteiger partial charge in [-0.2, -0.15) is 0 Å². The summed E-state index contributed by atoms with van der Waals surface area (Å²) in [6.07, 6.45) is 0. The van der Waals surface area contributed by atoms with Crippen molar-refractivity contribution in [3.63, 3.8) is 0 Å². The molecule has 0 aliphatic carbocycles. The minimum atomic E-state index is -0.891. The number of fused-ring (bicyclic) bond motifs is 1. The number of nitrogens with zero attached hydrogens (tertiary/aromatic N) is 1. The maximum Gasteiger partial charge on any atom is 0.310 e. The molecule has 1 amide bonds. The molecule has 2 aromatic rings. The first kappa shape index (κ1) is 12.6. The van der Waals surface area contributed by atoms with Crippen LogP contribution < -0.4 is 0 Å². The number of carboxylic acids is 1. The molecule has 0 atom stereocenters. The van der Waals surface area contributed by atoms with E-state index >= 15 is 0 Å². The zero-order valence-corrected chi connectivity index (χ0v) is 10.5. The number of carbonyl (C=O) groups excluding carboxylic acids is 1. The van der Waals surface area contributed by atoms with Gasteiger partial charge in [0.15, 0.2) is 0 Å². The molecule has 1 aliphatic rings. The molecular weight excluding hydrogens is 261 g/mol. The second-order valence-corrected chi connectivity index (χ2v) is 4.89. The summed E-state index contributed by atoms with van der Waals surface area (Å²) in [5.41, 5.74) is 0.408. The predicted octanol–water partition coefficient (Wildman–Crippen LogP) is 2.14. The van der Waals surface area contributed by atoms with Gasteiger partial charge in [0.25, 0.3) is 5.91 Å². The van der Waals surface area contributed by atoms with Crippen molar-refractivity contribution >= 4 is 22.6 Å². The number of halogens is 1. The lowest BCUT2D eigenvalue weighted by Gasteiger charge is -2.36. The lowest BCUT2D eigenvalue weighted by Crippen LogP contribution is -2.53. The largest absolute Gasteiger partial charge is 0.481 e. The Kier molecular flexibility index (Phi) is 2.89. The van der Waals surface area contributed by atoms with Crippen molar-refractivity contribution < 1.29 is 19.1 Å². The van der Waals surface area contributed by atoms with Gasteiger partial charge < -0.3 is 10.0 Å². The fourth-order valence-electron chi connectivity index (χ4n) is 2.42. The summed E-state index contributed by atoms with van der Waals surface area (Å²) in [5.74, 6) is -2.01. The molecule has 20 heavy (non-hydrogen) atoms. The van der Waals surface area contributed by atoms with Crippen molar-refractivity contribution in [2.45, 2.75) is 0 Å². The molecule has 0 unspecified atom stereocenters. The van der Waals surface area contributed by atoms with Crippen molar-refractivity contribution in [3.8, 4) is 0 Å². The molecule has 1 aliphatic heterocycles. The Balaban J connectivity index is 1.94. The van der Waals surface area contributed by atoms with Gasteiger partial charge in [0.2, 0.25) is 0 Å². The van der Waals surface area contributed by atoms with Crippen LogP contribution in [0.2, 0.25) is 0 Å². The minimum absolute atomic E-state index is 0.208. The number of hydrogen-bond donors (Lipinski definition) is 1. The Labute approximate surface area is 114 Å². The fourth-order valence-corrected chi connectivity index (χ4v) is 2.42. The molecule has 0 radical (unpaired) electrons. The number of likely N-dealkylation sites (tertiary alicyclic amines) is 1. The van der Waals surface area contributed by atoms with Gasteiger partial charge in [0, 0.05) is 24.0 Å². The van der Waals surface area contributed by atoms with Gasteiger partial charge in [0.1, 0.15) is 5.82 Å². The molecule has 0 spiro atoms. The third-order valence-electron chi connectivity index (χ3n) is 3.62. The average Bonchev–Trinajstić information content (AvgIpc) is 2.37. The highest BCUT2D eigenvalue weighted by Crippen LogP contribution is 2.25. The predicted molar refractivity (Wildman–Crippen MR) is 70.9 cm³/mol. The molecule has 3 rings (SSSR count). The van der Waals surface area contributed by atoms with E-state index in [0.29, 0.717) is 16.3 Å². The van der Waals surface area contributed by atoms with E-state index in [9.17, 15) is 14.0 Å². The fraction of sp³-hybridized carbons (Fsp3) is 0.200. The molecule has 2 aromatic carbocycles. The Bertz CT molecular complexity index is 707. The van der Waals surface area contributed by atoms with Crippen LogP contribution in [-0.4, -0.2) is 35.0 Å². The molecule has 1 saturated heterocycles. The van der Waals surface area contributed by atoms with Gasteiger partial charge in [-0.05, 0) is 17.5 Å². The number of hydrogen-bond acceptors (Lipinski definition) is 2. The molecule has 0 aromatic heterocycles. The van der Waals surface area contributed by atoms with Gasteiger partial charge >= 0.3 is 5.97 Å². The van der Waals surface area contributed by atoms with E-state index in [1.807, 2.05) is 0 Å². The molecule has 4 nitrogen and oxygen atoms in total. The first-order chi connectivity index (χ1) is 9.58. The lowest BCUT2D eigenvalue weighted by molar-refractivity contribution is -0.146. The molecule has 0 bridgehead atoms. The summed E-state index contributed by atoms with van der Waals surface area (Å²) in [7, 11) is 0. The molecule has 5 heteroatoms. The second kappa shape index (κ2) is 4.59. The van der Waals surface area contributed by atoms with E-state index in [-0.39, 0.29) is 24.8 Å². The van der Waals surface area contributed by atoms with Crippen LogP contribution in [0.15, 0.2) is 36.4 Å². The Morgan fingerprint density at radius 2 is 1.75 bits per heavy atom. The summed E-state index contributed by atoms with van der Waals surface area (Å²) < 4.78 is 13.7. The number of carbonyl (C=O) groups is 2. The number of rotatable bonds is 2. The molecule has 1 fully saturated rings. The third-order valence-corrected chi connectivity index (χ3v) is 3.62. The van der Waals surface area contributed by atoms with E-state index in [2.05, 4.69) is 0 Å². The normalized spacial score (nSPS) is 15.2. The first-order valence-corrected chi connectivity index (χ1v) is 6.27. The van der Waals surface area contributed by atoms with Crippen LogP contribution in [0.4, 0.5) is 4.39 Å². The van der Waals surface area contributed by atoms with Crippen molar-refractivity contribution in [3.05, 3.63) is 47.8 Å². The van der Waals surface area contributed by atoms with Crippen LogP contribution >= 0.6 is 0 Å². The van der Waals surface area contributed by atoms with Gasteiger partial charge in [-0.1, -0.05) is 24.3 Å². The van der Waals surface area contributed by atoms with Gasteiger partial charge in [-0.15, -0.1) is 0 Å². The number of carboxylic acid groups (broad SMARTS) is 1. The van der Waals surface area contributed by atoms with Crippen LogP contribution in [-0.2, 0) is 4.79 Å². The van der Waals surface area contributed by atoms with Crippen LogP contribution in [0, 0.1) is 11.7 Å². The summed E-state index contributed by atoms with van der Waals surface area (Å²) in [5, 5.41) is 9.77. The quantitative estimate of drug-likeness (QED) is 0.912. The highest BCUT2D eigenvalue weighted by Gasteiger charge is 2.36. The van der Waals surface area contributed by atoms with Crippen molar-refractivity contribution in [2.75, 3.05) is 13.1 Å². The van der Waals surface area contributed by atoms with Crippen molar-refractivity contribution in [1.29, 1.82) is 0 Å². The second-order valence-electron chi connectivity index (χ2n) is 4.89. The third kappa shape index (κ3) is 1.91. The monoisotopic (exact) mass is 273 g/mol. The zero-order valence-electron chi connectivity index (χ0n) is 10.5.